The van der Waals surface area contributed by atoms with Crippen LogP contribution in [0.3, 0.4) is 0 Å². The summed E-state index contributed by atoms with van der Waals surface area (Å²) in [6, 6.07) is 9.67. The second kappa shape index (κ2) is 5.26. The fourth-order valence-corrected chi connectivity index (χ4v) is 2.17. The van der Waals surface area contributed by atoms with Gasteiger partial charge in [0.2, 0.25) is 0 Å². The van der Waals surface area contributed by atoms with Gasteiger partial charge in [-0.15, -0.1) is 0 Å². The number of hydrogen-bond acceptors (Lipinski definition) is 2. The molecule has 6 heteroatoms. The van der Waals surface area contributed by atoms with E-state index in [4.69, 9.17) is 11.6 Å². The largest absolute Gasteiger partial charge is 0.307 e. The van der Waals surface area contributed by atoms with Crippen LogP contribution in [0.5, 0.6) is 0 Å². The third-order valence-electron chi connectivity index (χ3n) is 3.09. The maximum Gasteiger partial charge on any atom is 0.258 e. The Morgan fingerprint density at radius 3 is 2.57 bits per heavy atom. The lowest BCUT2D eigenvalue weighted by Gasteiger charge is -2.09. The average Bonchev–Trinajstić information content (AvgIpc) is 2.46. The van der Waals surface area contributed by atoms with Crippen molar-refractivity contribution in [3.05, 3.63) is 75.0 Å². The molecule has 21 heavy (non-hydrogen) atoms. The van der Waals surface area contributed by atoms with Crippen LogP contribution in [0.1, 0.15) is 17.6 Å². The summed E-state index contributed by atoms with van der Waals surface area (Å²) in [6.07, 6.45) is -1.62. The summed E-state index contributed by atoms with van der Waals surface area (Å²) < 4.78 is 27.6. The van der Waals surface area contributed by atoms with Crippen LogP contribution < -0.4 is 5.56 Å². The van der Waals surface area contributed by atoms with Crippen molar-refractivity contribution in [3.63, 3.8) is 0 Å². The van der Waals surface area contributed by atoms with E-state index in [1.54, 1.807) is 12.1 Å². The molecule has 0 bridgehead atoms. The summed E-state index contributed by atoms with van der Waals surface area (Å²) in [5, 5.41) is 0.691. The molecule has 2 aromatic carbocycles. The summed E-state index contributed by atoms with van der Waals surface area (Å²) in [7, 11) is 0. The number of H-pyrrole nitrogens is 1. The fourth-order valence-electron chi connectivity index (χ4n) is 2.04. The standard InChI is InChI=1S/C15H9ClF2N2O/c16-9-3-1-8(2-4-9)13(18)14-19-12-7-10(17)5-6-11(12)15(21)20-14/h1-7,13H,(H,19,20,21). The number of aromatic nitrogens is 2. The van der Waals surface area contributed by atoms with E-state index in [0.717, 1.165) is 12.1 Å². The number of aromatic amines is 1. The molecule has 0 saturated carbocycles. The molecule has 0 saturated heterocycles. The molecule has 0 spiro atoms. The van der Waals surface area contributed by atoms with Gasteiger partial charge in [0.25, 0.3) is 5.56 Å². The second-order valence-corrected chi connectivity index (χ2v) is 4.96. The van der Waals surface area contributed by atoms with Gasteiger partial charge in [0, 0.05) is 11.1 Å². The quantitative estimate of drug-likeness (QED) is 0.783. The van der Waals surface area contributed by atoms with Crippen LogP contribution in [-0.4, -0.2) is 9.97 Å². The van der Waals surface area contributed by atoms with Gasteiger partial charge >= 0.3 is 0 Å². The average molecular weight is 307 g/mol. The van der Waals surface area contributed by atoms with E-state index in [2.05, 4.69) is 9.97 Å². The number of nitrogens with zero attached hydrogens (tertiary/aromatic N) is 1. The summed E-state index contributed by atoms with van der Waals surface area (Å²) in [4.78, 5) is 18.3. The minimum atomic E-state index is -1.62. The molecule has 1 aromatic heterocycles. The number of rotatable bonds is 2. The van der Waals surface area contributed by atoms with E-state index in [9.17, 15) is 13.6 Å². The summed E-state index contributed by atoms with van der Waals surface area (Å²) in [5.74, 6) is -0.700. The van der Waals surface area contributed by atoms with Gasteiger partial charge in [-0.2, -0.15) is 0 Å². The van der Waals surface area contributed by atoms with Crippen molar-refractivity contribution < 1.29 is 8.78 Å². The van der Waals surface area contributed by atoms with Crippen molar-refractivity contribution in [1.82, 2.24) is 9.97 Å². The van der Waals surface area contributed by atoms with E-state index < -0.39 is 17.5 Å². The lowest BCUT2D eigenvalue weighted by molar-refractivity contribution is 0.384. The molecule has 3 rings (SSSR count). The Hall–Kier alpha value is -2.27. The molecule has 0 fully saturated rings. The third kappa shape index (κ3) is 2.64. The SMILES string of the molecule is O=c1[nH]c(C(F)c2ccc(Cl)cc2)nc2cc(F)ccc12. The number of hydrogen-bond donors (Lipinski definition) is 1. The first-order valence-corrected chi connectivity index (χ1v) is 6.51. The zero-order valence-corrected chi connectivity index (χ0v) is 11.4. The molecule has 3 nitrogen and oxygen atoms in total. The van der Waals surface area contributed by atoms with Crippen LogP contribution in [0.25, 0.3) is 10.9 Å². The Kier molecular flexibility index (Phi) is 3.43. The molecular weight excluding hydrogens is 298 g/mol. The highest BCUT2D eigenvalue weighted by Crippen LogP contribution is 2.25. The zero-order valence-electron chi connectivity index (χ0n) is 10.6. The maximum atomic E-state index is 14.4. The van der Waals surface area contributed by atoms with Gasteiger partial charge in [0.15, 0.2) is 6.17 Å². The summed E-state index contributed by atoms with van der Waals surface area (Å²) in [5.41, 5.74) is -0.0877. The van der Waals surface area contributed by atoms with Crippen molar-refractivity contribution >= 4 is 22.5 Å². The Balaban J connectivity index is 2.11. The van der Waals surface area contributed by atoms with Crippen LogP contribution in [0.2, 0.25) is 5.02 Å². The highest BCUT2D eigenvalue weighted by molar-refractivity contribution is 6.30. The highest BCUT2D eigenvalue weighted by Gasteiger charge is 2.17. The molecule has 1 heterocycles. The Bertz CT molecular complexity index is 862. The second-order valence-electron chi connectivity index (χ2n) is 4.53. The molecule has 0 radical (unpaired) electrons. The number of fused-ring (bicyclic) bond motifs is 1. The smallest absolute Gasteiger partial charge is 0.258 e. The molecule has 1 atom stereocenters. The van der Waals surface area contributed by atoms with Gasteiger partial charge in [0.1, 0.15) is 11.6 Å². The Morgan fingerprint density at radius 1 is 1.14 bits per heavy atom. The van der Waals surface area contributed by atoms with Gasteiger partial charge in [-0.3, -0.25) is 4.79 Å². The van der Waals surface area contributed by atoms with Gasteiger partial charge in [-0.05, 0) is 29.8 Å². The number of nitrogens with one attached hydrogen (secondary N) is 1. The third-order valence-corrected chi connectivity index (χ3v) is 3.34. The van der Waals surface area contributed by atoms with Crippen molar-refractivity contribution in [2.75, 3.05) is 0 Å². The van der Waals surface area contributed by atoms with Crippen LogP contribution in [-0.2, 0) is 0 Å². The van der Waals surface area contributed by atoms with Crippen LogP contribution in [0.4, 0.5) is 8.78 Å². The van der Waals surface area contributed by atoms with E-state index in [1.165, 1.54) is 18.2 Å². The molecule has 106 valence electrons. The predicted molar refractivity (Wildman–Crippen MR) is 76.7 cm³/mol. The minimum Gasteiger partial charge on any atom is -0.307 e. The summed E-state index contributed by atoms with van der Waals surface area (Å²) in [6.45, 7) is 0. The van der Waals surface area contributed by atoms with E-state index in [1.807, 2.05) is 0 Å². The van der Waals surface area contributed by atoms with Crippen LogP contribution >= 0.6 is 11.6 Å². The molecule has 0 aliphatic heterocycles. The monoisotopic (exact) mass is 306 g/mol. The van der Waals surface area contributed by atoms with Gasteiger partial charge in [0.05, 0.1) is 10.9 Å². The topological polar surface area (TPSA) is 45.8 Å². The van der Waals surface area contributed by atoms with Gasteiger partial charge in [-0.1, -0.05) is 23.7 Å². The molecule has 3 aromatic rings. The predicted octanol–water partition coefficient (Wildman–Crippen LogP) is 3.77. The molecule has 1 N–H and O–H groups in total. The normalized spacial score (nSPS) is 12.5. The van der Waals surface area contributed by atoms with E-state index in [-0.39, 0.29) is 16.7 Å². The van der Waals surface area contributed by atoms with Crippen molar-refractivity contribution in [2.45, 2.75) is 6.17 Å². The fraction of sp³-hybridized carbons (Fsp3) is 0.0667. The lowest BCUT2D eigenvalue weighted by Crippen LogP contribution is -2.14. The molecule has 0 aliphatic rings. The highest BCUT2D eigenvalue weighted by atomic mass is 35.5. The number of benzene rings is 2. The number of halogens is 3. The van der Waals surface area contributed by atoms with Gasteiger partial charge < -0.3 is 4.98 Å². The van der Waals surface area contributed by atoms with Crippen LogP contribution in [0.15, 0.2) is 47.3 Å². The van der Waals surface area contributed by atoms with E-state index >= 15 is 0 Å². The maximum absolute atomic E-state index is 14.4. The molecule has 0 aliphatic carbocycles. The number of alkyl halides is 1. The Labute approximate surface area is 123 Å². The minimum absolute atomic E-state index is 0.116. The molecular formula is C15H9ClF2N2O. The molecule has 0 amide bonds. The first-order valence-electron chi connectivity index (χ1n) is 6.13. The van der Waals surface area contributed by atoms with E-state index in [0.29, 0.717) is 10.6 Å². The van der Waals surface area contributed by atoms with Crippen molar-refractivity contribution in [1.29, 1.82) is 0 Å². The van der Waals surface area contributed by atoms with Crippen LogP contribution in [0, 0.1) is 5.82 Å². The zero-order chi connectivity index (χ0) is 15.0. The molecule has 1 unspecified atom stereocenters. The Morgan fingerprint density at radius 2 is 1.86 bits per heavy atom. The first kappa shape index (κ1) is 13.7. The summed E-state index contributed by atoms with van der Waals surface area (Å²) >= 11 is 5.75. The van der Waals surface area contributed by atoms with Crippen molar-refractivity contribution in [3.8, 4) is 0 Å². The van der Waals surface area contributed by atoms with Gasteiger partial charge in [-0.25, -0.2) is 13.8 Å². The van der Waals surface area contributed by atoms with Crippen molar-refractivity contribution in [2.24, 2.45) is 0 Å². The lowest BCUT2D eigenvalue weighted by atomic mass is 10.1. The first-order chi connectivity index (χ1) is 10.0.